The number of carboxylic acids is 1. The van der Waals surface area contributed by atoms with Crippen LogP contribution in [0.25, 0.3) is 0 Å². The van der Waals surface area contributed by atoms with Crippen LogP contribution < -0.4 is 5.56 Å². The minimum absolute atomic E-state index is 0.0106. The van der Waals surface area contributed by atoms with Gasteiger partial charge in [-0.25, -0.2) is 9.78 Å². The lowest BCUT2D eigenvalue weighted by atomic mass is 10.3. The quantitative estimate of drug-likeness (QED) is 0.892. The molecular formula is C11H10N2O3S. The smallest absolute Gasteiger partial charge is 0.352 e. The average molecular weight is 250 g/mol. The number of hydrogen-bond acceptors (Lipinski definition) is 4. The Morgan fingerprint density at radius 3 is 2.88 bits per heavy atom. The minimum atomic E-state index is -1.11. The normalized spacial score (nSPS) is 10.4. The first-order valence-electron chi connectivity index (χ1n) is 4.92. The maximum atomic E-state index is 11.6. The predicted octanol–water partition coefficient (Wildman–Crippen LogP) is 1.36. The molecule has 2 rings (SSSR count). The van der Waals surface area contributed by atoms with Gasteiger partial charge in [-0.05, 0) is 13.0 Å². The van der Waals surface area contributed by atoms with Gasteiger partial charge in [0.15, 0.2) is 0 Å². The van der Waals surface area contributed by atoms with Gasteiger partial charge in [-0.15, -0.1) is 11.3 Å². The van der Waals surface area contributed by atoms with E-state index in [-0.39, 0.29) is 17.8 Å². The van der Waals surface area contributed by atoms with Crippen LogP contribution in [0.15, 0.2) is 29.2 Å². The predicted molar refractivity (Wildman–Crippen MR) is 63.6 cm³/mol. The number of carboxylic acid groups (broad SMARTS) is 1. The zero-order valence-corrected chi connectivity index (χ0v) is 9.90. The zero-order chi connectivity index (χ0) is 12.4. The van der Waals surface area contributed by atoms with Crippen LogP contribution in [-0.4, -0.2) is 20.6 Å². The summed E-state index contributed by atoms with van der Waals surface area (Å²) < 4.78 is 1.23. The molecule has 0 spiro atoms. The molecule has 88 valence electrons. The second-order valence-electron chi connectivity index (χ2n) is 3.49. The molecule has 0 atom stereocenters. The lowest BCUT2D eigenvalue weighted by Gasteiger charge is -2.07. The summed E-state index contributed by atoms with van der Waals surface area (Å²) >= 11 is 1.45. The molecule has 0 saturated carbocycles. The van der Waals surface area contributed by atoms with Gasteiger partial charge < -0.3 is 5.11 Å². The molecule has 2 heterocycles. The minimum Gasteiger partial charge on any atom is -0.477 e. The molecule has 0 amide bonds. The molecule has 0 bridgehead atoms. The topological polar surface area (TPSA) is 72.2 Å². The first-order chi connectivity index (χ1) is 8.08. The van der Waals surface area contributed by atoms with E-state index in [4.69, 9.17) is 5.11 Å². The van der Waals surface area contributed by atoms with E-state index in [1.165, 1.54) is 34.1 Å². The van der Waals surface area contributed by atoms with Crippen LogP contribution in [0.4, 0.5) is 0 Å². The maximum Gasteiger partial charge on any atom is 0.352 e. The highest BCUT2D eigenvalue weighted by Crippen LogP contribution is 2.13. The molecule has 0 aromatic carbocycles. The monoisotopic (exact) mass is 250 g/mol. The third-order valence-electron chi connectivity index (χ3n) is 2.25. The Kier molecular flexibility index (Phi) is 3.06. The van der Waals surface area contributed by atoms with Crippen LogP contribution in [0.3, 0.4) is 0 Å². The summed E-state index contributed by atoms with van der Waals surface area (Å²) in [5.41, 5.74) is -0.334. The maximum absolute atomic E-state index is 11.6. The molecule has 2 aromatic heterocycles. The van der Waals surface area contributed by atoms with Crippen LogP contribution in [0.1, 0.15) is 20.4 Å². The van der Waals surface area contributed by atoms with Crippen molar-refractivity contribution in [2.24, 2.45) is 0 Å². The molecular weight excluding hydrogens is 240 g/mol. The fraction of sp³-hybridized carbons (Fsp3) is 0.182. The lowest BCUT2D eigenvalue weighted by molar-refractivity contribution is 0.0684. The van der Waals surface area contributed by atoms with Crippen LogP contribution >= 0.6 is 11.3 Å². The average Bonchev–Trinajstić information content (AvgIpc) is 2.67. The largest absolute Gasteiger partial charge is 0.477 e. The number of rotatable bonds is 3. The lowest BCUT2D eigenvalue weighted by Crippen LogP contribution is -2.25. The summed E-state index contributed by atoms with van der Waals surface area (Å²) in [6.45, 7) is 2.10. The van der Waals surface area contributed by atoms with E-state index in [0.717, 1.165) is 9.88 Å². The number of carbonyl (C=O) groups is 1. The Morgan fingerprint density at radius 1 is 1.53 bits per heavy atom. The van der Waals surface area contributed by atoms with Gasteiger partial charge in [0.2, 0.25) is 0 Å². The fourth-order valence-electron chi connectivity index (χ4n) is 1.50. The molecule has 2 aromatic rings. The van der Waals surface area contributed by atoms with E-state index >= 15 is 0 Å². The molecule has 0 aliphatic rings. The molecule has 5 nitrogen and oxygen atoms in total. The standard InChI is InChI=1S/C11H10N2O3S/c1-7-12-5-8(17-7)6-13-9(11(15)16)3-2-4-10(13)14/h2-5H,6H2,1H3,(H,15,16). The molecule has 0 unspecified atom stereocenters. The number of aryl methyl sites for hydroxylation is 1. The summed E-state index contributed by atoms with van der Waals surface area (Å²) in [7, 11) is 0. The Hall–Kier alpha value is -1.95. The third-order valence-corrected chi connectivity index (χ3v) is 3.15. The Morgan fingerprint density at radius 2 is 2.29 bits per heavy atom. The number of pyridine rings is 1. The van der Waals surface area contributed by atoms with Crippen molar-refractivity contribution < 1.29 is 9.90 Å². The number of aromatic carboxylic acids is 1. The van der Waals surface area contributed by atoms with Gasteiger partial charge in [0.25, 0.3) is 5.56 Å². The fourth-order valence-corrected chi connectivity index (χ4v) is 2.29. The van der Waals surface area contributed by atoms with Crippen LogP contribution in [0.5, 0.6) is 0 Å². The SMILES string of the molecule is Cc1ncc(Cn2c(C(=O)O)cccc2=O)s1. The number of nitrogens with zero attached hydrogens (tertiary/aromatic N) is 2. The molecule has 0 aliphatic heterocycles. The second-order valence-corrected chi connectivity index (χ2v) is 4.81. The summed E-state index contributed by atoms with van der Waals surface area (Å²) in [6, 6.07) is 4.21. The zero-order valence-electron chi connectivity index (χ0n) is 9.08. The van der Waals surface area contributed by atoms with Gasteiger partial charge in [-0.2, -0.15) is 0 Å². The van der Waals surface area contributed by atoms with E-state index in [9.17, 15) is 9.59 Å². The van der Waals surface area contributed by atoms with Gasteiger partial charge in [0.05, 0.1) is 11.6 Å². The Balaban J connectivity index is 2.44. The van der Waals surface area contributed by atoms with Crippen molar-refractivity contribution in [1.29, 1.82) is 0 Å². The van der Waals surface area contributed by atoms with E-state index in [1.54, 1.807) is 6.20 Å². The number of aromatic nitrogens is 2. The van der Waals surface area contributed by atoms with Gasteiger partial charge in [-0.3, -0.25) is 9.36 Å². The number of thiazole rings is 1. The molecule has 0 aliphatic carbocycles. The first kappa shape index (κ1) is 11.5. The summed E-state index contributed by atoms with van der Waals surface area (Å²) in [5, 5.41) is 9.89. The highest BCUT2D eigenvalue weighted by Gasteiger charge is 2.11. The Labute approximate surface area is 101 Å². The third kappa shape index (κ3) is 2.42. The number of hydrogen-bond donors (Lipinski definition) is 1. The Bertz CT molecular complexity index is 615. The van der Waals surface area contributed by atoms with E-state index in [0.29, 0.717) is 0 Å². The summed E-state index contributed by atoms with van der Waals surface area (Å²) in [6.07, 6.45) is 1.66. The highest BCUT2D eigenvalue weighted by molar-refractivity contribution is 7.11. The summed E-state index contributed by atoms with van der Waals surface area (Å²) in [5.74, 6) is -1.11. The molecule has 0 fully saturated rings. The van der Waals surface area contributed by atoms with Gasteiger partial charge in [0.1, 0.15) is 5.69 Å². The van der Waals surface area contributed by atoms with Crippen molar-refractivity contribution in [3.8, 4) is 0 Å². The molecule has 0 saturated heterocycles. The van der Waals surface area contributed by atoms with Crippen LogP contribution in [-0.2, 0) is 6.54 Å². The molecule has 6 heteroatoms. The highest BCUT2D eigenvalue weighted by atomic mass is 32.1. The van der Waals surface area contributed by atoms with Crippen molar-refractivity contribution in [3.63, 3.8) is 0 Å². The second kappa shape index (κ2) is 4.50. The van der Waals surface area contributed by atoms with E-state index in [2.05, 4.69) is 4.98 Å². The van der Waals surface area contributed by atoms with Crippen LogP contribution in [0, 0.1) is 6.92 Å². The molecule has 0 radical (unpaired) electrons. The molecule has 1 N–H and O–H groups in total. The van der Waals surface area contributed by atoms with Gasteiger partial charge in [0, 0.05) is 17.1 Å². The van der Waals surface area contributed by atoms with Crippen molar-refractivity contribution in [3.05, 3.63) is 50.3 Å². The van der Waals surface area contributed by atoms with Crippen molar-refractivity contribution in [2.45, 2.75) is 13.5 Å². The van der Waals surface area contributed by atoms with E-state index < -0.39 is 5.97 Å². The van der Waals surface area contributed by atoms with Gasteiger partial charge >= 0.3 is 5.97 Å². The first-order valence-corrected chi connectivity index (χ1v) is 5.74. The molecule has 17 heavy (non-hydrogen) atoms. The van der Waals surface area contributed by atoms with Crippen molar-refractivity contribution >= 4 is 17.3 Å². The van der Waals surface area contributed by atoms with Crippen molar-refractivity contribution in [2.75, 3.05) is 0 Å². The van der Waals surface area contributed by atoms with Crippen LogP contribution in [0.2, 0.25) is 0 Å². The van der Waals surface area contributed by atoms with Gasteiger partial charge in [-0.1, -0.05) is 6.07 Å². The summed E-state index contributed by atoms with van der Waals surface area (Å²) in [4.78, 5) is 27.6. The van der Waals surface area contributed by atoms with Crippen molar-refractivity contribution in [1.82, 2.24) is 9.55 Å². The van der Waals surface area contributed by atoms with E-state index in [1.807, 2.05) is 6.92 Å².